The van der Waals surface area contributed by atoms with Gasteiger partial charge in [-0.1, -0.05) is 31.0 Å². The van der Waals surface area contributed by atoms with Crippen molar-refractivity contribution in [3.8, 4) is 5.75 Å². The normalized spacial score (nSPS) is 20.6. The number of carboxylic acids is 1. The van der Waals surface area contributed by atoms with Crippen LogP contribution in [0.15, 0.2) is 30.3 Å². The Labute approximate surface area is 141 Å². The number of hydrogen-bond acceptors (Lipinski definition) is 3. The molecule has 1 aromatic carbocycles. The predicted octanol–water partition coefficient (Wildman–Crippen LogP) is 2.64. The van der Waals surface area contributed by atoms with Gasteiger partial charge in [0.1, 0.15) is 5.75 Å². The van der Waals surface area contributed by atoms with E-state index < -0.39 is 11.6 Å². The Morgan fingerprint density at radius 1 is 1.12 bits per heavy atom. The summed E-state index contributed by atoms with van der Waals surface area (Å²) < 4.78 is 5.81. The van der Waals surface area contributed by atoms with Gasteiger partial charge in [0.05, 0.1) is 0 Å². The summed E-state index contributed by atoms with van der Waals surface area (Å²) in [4.78, 5) is 25.8. The highest BCUT2D eigenvalue weighted by atomic mass is 16.5. The molecule has 6 nitrogen and oxygen atoms in total. The van der Waals surface area contributed by atoms with E-state index in [-0.39, 0.29) is 24.9 Å². The largest absolute Gasteiger partial charge is 0.478 e. The number of rotatable bonds is 4. The zero-order valence-electron chi connectivity index (χ0n) is 13.7. The number of amides is 2. The maximum atomic E-state index is 12.3. The third kappa shape index (κ3) is 3.63. The van der Waals surface area contributed by atoms with E-state index in [2.05, 4.69) is 5.32 Å². The first-order valence-electron chi connectivity index (χ1n) is 8.62. The molecule has 1 aliphatic carbocycles. The molecule has 2 fully saturated rings. The SMILES string of the molecule is O=C(NC1CCCC1)N1CCC(Oc2ccccc2)(C(=O)O)CC1. The number of urea groups is 1. The fraction of sp³-hybridized carbons (Fsp3) is 0.556. The van der Waals surface area contributed by atoms with Crippen molar-refractivity contribution in [1.82, 2.24) is 10.2 Å². The van der Waals surface area contributed by atoms with Crippen LogP contribution in [0.5, 0.6) is 5.75 Å². The quantitative estimate of drug-likeness (QED) is 0.888. The Balaban J connectivity index is 1.60. The van der Waals surface area contributed by atoms with E-state index in [1.54, 1.807) is 17.0 Å². The van der Waals surface area contributed by atoms with Crippen molar-refractivity contribution in [2.45, 2.75) is 50.2 Å². The minimum atomic E-state index is -1.26. The number of carbonyl (C=O) groups is 2. The molecule has 1 saturated heterocycles. The van der Waals surface area contributed by atoms with E-state index >= 15 is 0 Å². The highest BCUT2D eigenvalue weighted by Crippen LogP contribution is 2.29. The highest BCUT2D eigenvalue weighted by molar-refractivity contribution is 5.79. The zero-order valence-corrected chi connectivity index (χ0v) is 13.7. The summed E-state index contributed by atoms with van der Waals surface area (Å²) in [5, 5.41) is 12.7. The number of para-hydroxylation sites is 1. The Morgan fingerprint density at radius 2 is 1.75 bits per heavy atom. The minimum absolute atomic E-state index is 0.0828. The van der Waals surface area contributed by atoms with Crippen molar-refractivity contribution in [1.29, 1.82) is 0 Å². The van der Waals surface area contributed by atoms with E-state index in [4.69, 9.17) is 4.74 Å². The molecule has 2 N–H and O–H groups in total. The number of piperidine rings is 1. The fourth-order valence-corrected chi connectivity index (χ4v) is 3.48. The van der Waals surface area contributed by atoms with Gasteiger partial charge in [-0.05, 0) is 25.0 Å². The van der Waals surface area contributed by atoms with Crippen LogP contribution >= 0.6 is 0 Å². The second-order valence-electron chi connectivity index (χ2n) is 6.63. The molecular weight excluding hydrogens is 308 g/mol. The molecule has 1 saturated carbocycles. The summed E-state index contributed by atoms with van der Waals surface area (Å²) in [6.45, 7) is 0.773. The van der Waals surface area contributed by atoms with E-state index in [1.165, 1.54) is 0 Å². The maximum Gasteiger partial charge on any atom is 0.348 e. The third-order valence-corrected chi connectivity index (χ3v) is 4.99. The fourth-order valence-electron chi connectivity index (χ4n) is 3.48. The van der Waals surface area contributed by atoms with Gasteiger partial charge in [-0.25, -0.2) is 9.59 Å². The summed E-state index contributed by atoms with van der Waals surface area (Å²) in [5.41, 5.74) is -1.26. The average Bonchev–Trinajstić information content (AvgIpc) is 3.09. The molecule has 0 spiro atoms. The number of benzene rings is 1. The van der Waals surface area contributed by atoms with Gasteiger partial charge in [-0.2, -0.15) is 0 Å². The Bertz CT molecular complexity index is 576. The van der Waals surface area contributed by atoms with Crippen LogP contribution in [0.2, 0.25) is 0 Å². The van der Waals surface area contributed by atoms with Gasteiger partial charge in [-0.15, -0.1) is 0 Å². The molecular formula is C18H24N2O4. The number of likely N-dealkylation sites (tertiary alicyclic amines) is 1. The van der Waals surface area contributed by atoms with Gasteiger partial charge in [0.15, 0.2) is 0 Å². The summed E-state index contributed by atoms with van der Waals surface area (Å²) in [7, 11) is 0. The molecule has 24 heavy (non-hydrogen) atoms. The van der Waals surface area contributed by atoms with Crippen molar-refractivity contribution in [3.05, 3.63) is 30.3 Å². The van der Waals surface area contributed by atoms with E-state index in [0.717, 1.165) is 25.7 Å². The smallest absolute Gasteiger partial charge is 0.348 e. The van der Waals surface area contributed by atoms with Gasteiger partial charge >= 0.3 is 12.0 Å². The number of hydrogen-bond donors (Lipinski definition) is 2. The van der Waals surface area contributed by atoms with Gasteiger partial charge in [-0.3, -0.25) is 0 Å². The Morgan fingerprint density at radius 3 is 2.33 bits per heavy atom. The summed E-state index contributed by atoms with van der Waals surface area (Å²) in [6, 6.07) is 9.18. The van der Waals surface area contributed by atoms with Crippen LogP contribution < -0.4 is 10.1 Å². The Hall–Kier alpha value is -2.24. The van der Waals surface area contributed by atoms with Crippen LogP contribution in [0.4, 0.5) is 4.79 Å². The number of nitrogens with zero attached hydrogens (tertiary/aromatic N) is 1. The highest BCUT2D eigenvalue weighted by Gasteiger charge is 2.45. The van der Waals surface area contributed by atoms with Crippen molar-refractivity contribution >= 4 is 12.0 Å². The number of ether oxygens (including phenoxy) is 1. The molecule has 0 unspecified atom stereocenters. The van der Waals surface area contributed by atoms with Crippen molar-refractivity contribution < 1.29 is 19.4 Å². The summed E-state index contributed by atoms with van der Waals surface area (Å²) in [6.07, 6.45) is 4.98. The molecule has 6 heteroatoms. The number of carboxylic acid groups (broad SMARTS) is 1. The molecule has 1 heterocycles. The lowest BCUT2D eigenvalue weighted by Crippen LogP contribution is -2.56. The Kier molecular flexibility index (Phi) is 4.92. The third-order valence-electron chi connectivity index (χ3n) is 4.99. The summed E-state index contributed by atoms with van der Waals surface area (Å²) in [5.74, 6) is -0.425. The lowest BCUT2D eigenvalue weighted by atomic mass is 9.91. The molecule has 3 rings (SSSR count). The van der Waals surface area contributed by atoms with Crippen LogP contribution in [0.25, 0.3) is 0 Å². The first-order valence-corrected chi connectivity index (χ1v) is 8.62. The van der Waals surface area contributed by atoms with Crippen molar-refractivity contribution in [2.24, 2.45) is 0 Å². The van der Waals surface area contributed by atoms with Crippen LogP contribution in [-0.4, -0.2) is 46.7 Å². The van der Waals surface area contributed by atoms with E-state index in [1.807, 2.05) is 18.2 Å². The first-order chi connectivity index (χ1) is 11.6. The van der Waals surface area contributed by atoms with Gasteiger partial charge in [0.25, 0.3) is 0 Å². The van der Waals surface area contributed by atoms with Gasteiger partial charge in [0, 0.05) is 32.0 Å². The zero-order chi connectivity index (χ0) is 17.0. The first kappa shape index (κ1) is 16.6. The topological polar surface area (TPSA) is 78.9 Å². The maximum absolute atomic E-state index is 12.3. The van der Waals surface area contributed by atoms with Crippen LogP contribution in [0.3, 0.4) is 0 Å². The lowest BCUT2D eigenvalue weighted by molar-refractivity contribution is -0.159. The second-order valence-corrected chi connectivity index (χ2v) is 6.63. The van der Waals surface area contributed by atoms with Gasteiger partial charge < -0.3 is 20.1 Å². The standard InChI is InChI=1S/C18H24N2O4/c21-16(22)18(24-15-8-2-1-3-9-15)10-12-20(13-11-18)17(23)19-14-6-4-5-7-14/h1-3,8-9,14H,4-7,10-13H2,(H,19,23)(H,21,22). The lowest BCUT2D eigenvalue weighted by Gasteiger charge is -2.39. The number of nitrogens with one attached hydrogen (secondary N) is 1. The molecule has 0 bridgehead atoms. The molecule has 0 atom stereocenters. The predicted molar refractivity (Wildman–Crippen MR) is 89.0 cm³/mol. The van der Waals surface area contributed by atoms with E-state index in [0.29, 0.717) is 18.8 Å². The minimum Gasteiger partial charge on any atom is -0.478 e. The second kappa shape index (κ2) is 7.11. The molecule has 2 amide bonds. The van der Waals surface area contributed by atoms with Crippen LogP contribution in [0, 0.1) is 0 Å². The average molecular weight is 332 g/mol. The number of carbonyl (C=O) groups excluding carboxylic acids is 1. The van der Waals surface area contributed by atoms with E-state index in [9.17, 15) is 14.7 Å². The number of aliphatic carboxylic acids is 1. The molecule has 130 valence electrons. The molecule has 2 aliphatic rings. The molecule has 0 radical (unpaired) electrons. The summed E-state index contributed by atoms with van der Waals surface area (Å²) >= 11 is 0. The van der Waals surface area contributed by atoms with Gasteiger partial charge in [0.2, 0.25) is 5.60 Å². The monoisotopic (exact) mass is 332 g/mol. The van der Waals surface area contributed by atoms with Crippen molar-refractivity contribution in [3.63, 3.8) is 0 Å². The van der Waals surface area contributed by atoms with Crippen molar-refractivity contribution in [2.75, 3.05) is 13.1 Å². The molecule has 0 aromatic heterocycles. The van der Waals surface area contributed by atoms with Crippen LogP contribution in [-0.2, 0) is 4.79 Å². The molecule has 1 aromatic rings. The van der Waals surface area contributed by atoms with Crippen LogP contribution in [0.1, 0.15) is 38.5 Å². The molecule has 1 aliphatic heterocycles.